The molecule has 0 radical (unpaired) electrons. The van der Waals surface area contributed by atoms with Gasteiger partial charge in [0.15, 0.2) is 0 Å². The lowest BCUT2D eigenvalue weighted by Gasteiger charge is -2.11. The number of imidazole rings is 1. The van der Waals surface area contributed by atoms with Gasteiger partial charge in [-0.3, -0.25) is 0 Å². The molecular weight excluding hydrogens is 318 g/mol. The van der Waals surface area contributed by atoms with E-state index >= 15 is 0 Å². The molecule has 3 aromatic rings. The zero-order valence-corrected chi connectivity index (χ0v) is 13.9. The van der Waals surface area contributed by atoms with Crippen molar-refractivity contribution in [1.29, 1.82) is 0 Å². The van der Waals surface area contributed by atoms with Gasteiger partial charge in [0.2, 0.25) is 5.90 Å². The van der Waals surface area contributed by atoms with Gasteiger partial charge in [0.05, 0.1) is 37.5 Å². The number of rotatable bonds is 4. The smallest absolute Gasteiger partial charge is 0.337 e. The van der Waals surface area contributed by atoms with Gasteiger partial charge >= 0.3 is 5.97 Å². The summed E-state index contributed by atoms with van der Waals surface area (Å²) in [5.74, 6) is 0.0243. The van der Waals surface area contributed by atoms with E-state index in [4.69, 9.17) is 9.47 Å². The molecule has 0 N–H and O–H groups in total. The van der Waals surface area contributed by atoms with Crippen LogP contribution in [0.2, 0.25) is 0 Å². The molecule has 0 atom stereocenters. The Hall–Kier alpha value is -3.41. The van der Waals surface area contributed by atoms with Gasteiger partial charge in [0.25, 0.3) is 0 Å². The number of benzene rings is 2. The third-order valence-corrected chi connectivity index (χ3v) is 3.62. The molecule has 0 fully saturated rings. The summed E-state index contributed by atoms with van der Waals surface area (Å²) in [4.78, 5) is 20.5. The molecule has 0 aliphatic carbocycles. The zero-order chi connectivity index (χ0) is 17.6. The number of methoxy groups -OCH3 is 2. The molecule has 1 heterocycles. The molecule has 0 aliphatic rings. The Morgan fingerprint density at radius 1 is 1.04 bits per heavy atom. The average Bonchev–Trinajstić information content (AvgIpc) is 3.20. The molecule has 0 amide bonds. The van der Waals surface area contributed by atoms with Crippen molar-refractivity contribution in [3.05, 3.63) is 78.4 Å². The van der Waals surface area contributed by atoms with E-state index in [1.165, 1.54) is 7.11 Å². The lowest BCUT2D eigenvalue weighted by molar-refractivity contribution is 0.0601. The molecule has 3 rings (SSSR count). The Kier molecular flexibility index (Phi) is 4.89. The second kappa shape index (κ2) is 7.44. The van der Waals surface area contributed by atoms with Gasteiger partial charge in [-0.2, -0.15) is 0 Å². The van der Waals surface area contributed by atoms with Crippen LogP contribution in [0.15, 0.2) is 72.2 Å². The highest BCUT2D eigenvalue weighted by molar-refractivity contribution is 5.97. The molecule has 0 aliphatic heterocycles. The van der Waals surface area contributed by atoms with E-state index in [0.29, 0.717) is 17.1 Å². The second-order valence-electron chi connectivity index (χ2n) is 5.15. The maximum Gasteiger partial charge on any atom is 0.337 e. The quantitative estimate of drug-likeness (QED) is 0.416. The minimum atomic E-state index is -0.424. The Balaban J connectivity index is 2.14. The molecule has 126 valence electrons. The van der Waals surface area contributed by atoms with E-state index in [9.17, 15) is 4.79 Å². The molecular formula is C19H17N3O3. The summed E-state index contributed by atoms with van der Waals surface area (Å²) in [6, 6.07) is 14.7. The molecule has 0 spiro atoms. The van der Waals surface area contributed by atoms with Crippen molar-refractivity contribution in [3.8, 4) is 5.69 Å². The van der Waals surface area contributed by atoms with Crippen LogP contribution in [0, 0.1) is 0 Å². The highest BCUT2D eigenvalue weighted by Crippen LogP contribution is 2.26. The van der Waals surface area contributed by atoms with Crippen LogP contribution < -0.4 is 0 Å². The minimum absolute atomic E-state index is 0.411. The van der Waals surface area contributed by atoms with Crippen LogP contribution >= 0.6 is 0 Å². The van der Waals surface area contributed by atoms with Crippen molar-refractivity contribution in [3.63, 3.8) is 0 Å². The van der Waals surface area contributed by atoms with Crippen LogP contribution in [0.25, 0.3) is 5.69 Å². The number of ether oxygens (including phenoxy) is 2. The predicted molar refractivity (Wildman–Crippen MR) is 94.6 cm³/mol. The molecule has 2 aromatic carbocycles. The molecule has 0 bridgehead atoms. The van der Waals surface area contributed by atoms with Gasteiger partial charge in [0, 0.05) is 18.0 Å². The van der Waals surface area contributed by atoms with E-state index in [1.54, 1.807) is 44.0 Å². The summed E-state index contributed by atoms with van der Waals surface area (Å²) in [7, 11) is 2.91. The largest absolute Gasteiger partial charge is 0.481 e. The summed E-state index contributed by atoms with van der Waals surface area (Å²) in [6.07, 6.45) is 5.15. The fraction of sp³-hybridized carbons (Fsp3) is 0.105. The topological polar surface area (TPSA) is 65.7 Å². The fourth-order valence-electron chi connectivity index (χ4n) is 2.40. The lowest BCUT2D eigenvalue weighted by Crippen LogP contribution is -2.05. The third kappa shape index (κ3) is 3.58. The molecule has 6 heteroatoms. The van der Waals surface area contributed by atoms with Gasteiger partial charge in [-0.1, -0.05) is 18.2 Å². The zero-order valence-electron chi connectivity index (χ0n) is 13.9. The van der Waals surface area contributed by atoms with Crippen LogP contribution in [0.4, 0.5) is 5.69 Å². The monoisotopic (exact) mass is 335 g/mol. The summed E-state index contributed by atoms with van der Waals surface area (Å²) >= 11 is 0. The summed E-state index contributed by atoms with van der Waals surface area (Å²) in [5.41, 5.74) is 2.59. The summed E-state index contributed by atoms with van der Waals surface area (Å²) in [5, 5.41) is 0. The lowest BCUT2D eigenvalue weighted by atomic mass is 10.1. The number of nitrogens with zero attached hydrogens (tertiary/aromatic N) is 3. The minimum Gasteiger partial charge on any atom is -0.481 e. The number of esters is 1. The Bertz CT molecular complexity index is 888. The number of hydrogen-bond donors (Lipinski definition) is 0. The number of aliphatic imine (C=N–C) groups is 1. The van der Waals surface area contributed by atoms with Crippen molar-refractivity contribution in [2.45, 2.75) is 0 Å². The Morgan fingerprint density at radius 3 is 2.48 bits per heavy atom. The predicted octanol–water partition coefficient (Wildman–Crippen LogP) is 3.38. The van der Waals surface area contributed by atoms with E-state index in [2.05, 4.69) is 9.98 Å². The maximum atomic E-state index is 11.9. The fourth-order valence-corrected chi connectivity index (χ4v) is 2.40. The van der Waals surface area contributed by atoms with Gasteiger partial charge in [-0.15, -0.1) is 0 Å². The maximum absolute atomic E-state index is 11.9. The molecule has 0 unspecified atom stereocenters. The summed E-state index contributed by atoms with van der Waals surface area (Å²) in [6.45, 7) is 0. The molecule has 6 nitrogen and oxygen atoms in total. The van der Waals surface area contributed by atoms with Crippen molar-refractivity contribution >= 4 is 17.6 Å². The van der Waals surface area contributed by atoms with Gasteiger partial charge in [0.1, 0.15) is 0 Å². The molecule has 25 heavy (non-hydrogen) atoms. The van der Waals surface area contributed by atoms with Crippen LogP contribution in [0.5, 0.6) is 0 Å². The highest BCUT2D eigenvalue weighted by Gasteiger charge is 2.12. The second-order valence-corrected chi connectivity index (χ2v) is 5.15. The van der Waals surface area contributed by atoms with Crippen LogP contribution in [-0.2, 0) is 9.47 Å². The van der Waals surface area contributed by atoms with E-state index < -0.39 is 5.97 Å². The molecule has 0 saturated carbocycles. The third-order valence-electron chi connectivity index (χ3n) is 3.62. The standard InChI is InChI=1S/C19H17N3O3/c1-24-18(14-6-4-3-5-7-14)21-16-12-15(19(23)25-2)8-9-17(16)22-11-10-20-13-22/h3-13H,1-2H3. The average molecular weight is 335 g/mol. The van der Waals surface area contributed by atoms with Gasteiger partial charge in [-0.05, 0) is 30.3 Å². The Labute approximate surface area is 145 Å². The molecule has 1 aromatic heterocycles. The van der Waals surface area contributed by atoms with Gasteiger partial charge in [-0.25, -0.2) is 14.8 Å². The first-order valence-corrected chi connectivity index (χ1v) is 7.61. The van der Waals surface area contributed by atoms with Crippen molar-refractivity contribution < 1.29 is 14.3 Å². The number of hydrogen-bond acceptors (Lipinski definition) is 5. The number of carbonyl (C=O) groups excluding carboxylic acids is 1. The van der Waals surface area contributed by atoms with Crippen molar-refractivity contribution in [2.24, 2.45) is 4.99 Å². The first-order chi connectivity index (χ1) is 12.2. The van der Waals surface area contributed by atoms with E-state index in [0.717, 1.165) is 11.3 Å². The number of aromatic nitrogens is 2. The van der Waals surface area contributed by atoms with Crippen molar-refractivity contribution in [1.82, 2.24) is 9.55 Å². The normalized spacial score (nSPS) is 11.2. The van der Waals surface area contributed by atoms with Crippen LogP contribution in [-0.4, -0.2) is 35.6 Å². The SMILES string of the molecule is COC(=O)c1ccc(-n2ccnc2)c(N=C(OC)c2ccccc2)c1. The van der Waals surface area contributed by atoms with Crippen molar-refractivity contribution in [2.75, 3.05) is 14.2 Å². The van der Waals surface area contributed by atoms with E-state index in [1.807, 2.05) is 34.9 Å². The first-order valence-electron chi connectivity index (χ1n) is 7.61. The molecule has 0 saturated heterocycles. The van der Waals surface area contributed by atoms with E-state index in [-0.39, 0.29) is 0 Å². The number of carbonyl (C=O) groups is 1. The van der Waals surface area contributed by atoms with Crippen LogP contribution in [0.3, 0.4) is 0 Å². The summed E-state index contributed by atoms with van der Waals surface area (Å²) < 4.78 is 12.1. The van der Waals surface area contributed by atoms with Gasteiger partial charge < -0.3 is 14.0 Å². The first kappa shape index (κ1) is 16.4. The van der Waals surface area contributed by atoms with Crippen LogP contribution in [0.1, 0.15) is 15.9 Å². The highest BCUT2D eigenvalue weighted by atomic mass is 16.5. The Morgan fingerprint density at radius 2 is 1.84 bits per heavy atom.